The fourth-order valence-electron chi connectivity index (χ4n) is 2.23. The standard InChI is InChI=1S/C12H10OS/c13-12(11-2-1-5-14-11)10-7-8-3-4-9(10)6-8/h1-5,7-9H,6H2. The molecule has 2 bridgehead atoms. The minimum Gasteiger partial charge on any atom is -0.288 e. The number of hydrogen-bond donors (Lipinski definition) is 0. The molecule has 14 heavy (non-hydrogen) atoms. The van der Waals surface area contributed by atoms with Gasteiger partial charge in [0.2, 0.25) is 0 Å². The van der Waals surface area contributed by atoms with Gasteiger partial charge in [-0.2, -0.15) is 0 Å². The SMILES string of the molecule is O=C(C1=CC2C=CC1C2)c1cccs1. The molecule has 0 saturated heterocycles. The average molecular weight is 202 g/mol. The van der Waals surface area contributed by atoms with Gasteiger partial charge in [0.15, 0.2) is 5.78 Å². The summed E-state index contributed by atoms with van der Waals surface area (Å²) in [4.78, 5) is 12.9. The lowest BCUT2D eigenvalue weighted by Gasteiger charge is -2.06. The van der Waals surface area contributed by atoms with Crippen LogP contribution in [0, 0.1) is 11.8 Å². The molecule has 0 saturated carbocycles. The first-order valence-corrected chi connectivity index (χ1v) is 5.71. The smallest absolute Gasteiger partial charge is 0.199 e. The molecule has 2 aliphatic rings. The zero-order valence-corrected chi connectivity index (χ0v) is 8.46. The second kappa shape index (κ2) is 2.92. The lowest BCUT2D eigenvalue weighted by Crippen LogP contribution is -2.06. The molecule has 0 amide bonds. The molecular formula is C12H10OS. The molecule has 1 heterocycles. The molecule has 0 aliphatic heterocycles. The summed E-state index contributed by atoms with van der Waals surface area (Å²) in [7, 11) is 0. The average Bonchev–Trinajstić information content (AvgIpc) is 2.93. The summed E-state index contributed by atoms with van der Waals surface area (Å²) in [6.45, 7) is 0. The maximum Gasteiger partial charge on any atom is 0.199 e. The zero-order valence-electron chi connectivity index (χ0n) is 7.64. The van der Waals surface area contributed by atoms with Crippen LogP contribution in [-0.4, -0.2) is 5.78 Å². The Bertz CT molecular complexity index is 425. The minimum atomic E-state index is 0.233. The maximum atomic E-state index is 12.0. The van der Waals surface area contributed by atoms with Gasteiger partial charge in [0, 0.05) is 11.5 Å². The molecule has 1 nitrogen and oxygen atoms in total. The van der Waals surface area contributed by atoms with E-state index in [9.17, 15) is 4.79 Å². The molecular weight excluding hydrogens is 192 g/mol. The van der Waals surface area contributed by atoms with E-state index in [1.54, 1.807) is 0 Å². The van der Waals surface area contributed by atoms with E-state index < -0.39 is 0 Å². The van der Waals surface area contributed by atoms with Gasteiger partial charge in [0.25, 0.3) is 0 Å². The monoisotopic (exact) mass is 202 g/mol. The highest BCUT2D eigenvalue weighted by molar-refractivity contribution is 7.12. The van der Waals surface area contributed by atoms with Crippen LogP contribution in [0.3, 0.4) is 0 Å². The second-order valence-corrected chi connectivity index (χ2v) is 4.77. The molecule has 2 heteroatoms. The van der Waals surface area contributed by atoms with Gasteiger partial charge in [-0.3, -0.25) is 4.79 Å². The van der Waals surface area contributed by atoms with Crippen LogP contribution in [0.1, 0.15) is 16.1 Å². The number of thiophene rings is 1. The maximum absolute atomic E-state index is 12.0. The Hall–Kier alpha value is -1.15. The predicted molar refractivity (Wildman–Crippen MR) is 57.5 cm³/mol. The van der Waals surface area contributed by atoms with Gasteiger partial charge in [0.1, 0.15) is 0 Å². The number of fused-ring (bicyclic) bond motifs is 2. The van der Waals surface area contributed by atoms with Crippen LogP contribution in [0.5, 0.6) is 0 Å². The van der Waals surface area contributed by atoms with E-state index in [0.717, 1.165) is 16.9 Å². The molecule has 3 rings (SSSR count). The fourth-order valence-corrected chi connectivity index (χ4v) is 2.92. The lowest BCUT2D eigenvalue weighted by atomic mass is 9.98. The van der Waals surface area contributed by atoms with Gasteiger partial charge in [-0.15, -0.1) is 11.3 Å². The third-order valence-corrected chi connectivity index (χ3v) is 3.79. The van der Waals surface area contributed by atoms with Crippen molar-refractivity contribution in [2.75, 3.05) is 0 Å². The van der Waals surface area contributed by atoms with Crippen molar-refractivity contribution in [1.29, 1.82) is 0 Å². The van der Waals surface area contributed by atoms with Gasteiger partial charge in [0.05, 0.1) is 4.88 Å². The summed E-state index contributed by atoms with van der Waals surface area (Å²) in [5.74, 6) is 1.16. The largest absolute Gasteiger partial charge is 0.288 e. The molecule has 0 fully saturated rings. The van der Waals surface area contributed by atoms with Crippen LogP contribution < -0.4 is 0 Å². The zero-order chi connectivity index (χ0) is 9.54. The molecule has 1 aromatic heterocycles. The Kier molecular flexibility index (Phi) is 1.71. The van der Waals surface area contributed by atoms with E-state index in [1.807, 2.05) is 17.5 Å². The number of carbonyl (C=O) groups is 1. The highest BCUT2D eigenvalue weighted by atomic mass is 32.1. The van der Waals surface area contributed by atoms with E-state index in [4.69, 9.17) is 0 Å². The van der Waals surface area contributed by atoms with Crippen LogP contribution in [-0.2, 0) is 0 Å². The summed E-state index contributed by atoms with van der Waals surface area (Å²) in [5, 5.41) is 1.96. The third-order valence-electron chi connectivity index (χ3n) is 2.92. The third kappa shape index (κ3) is 1.11. The van der Waals surface area contributed by atoms with E-state index in [0.29, 0.717) is 11.8 Å². The molecule has 0 spiro atoms. The second-order valence-electron chi connectivity index (χ2n) is 3.82. The number of rotatable bonds is 2. The quantitative estimate of drug-likeness (QED) is 0.532. The van der Waals surface area contributed by atoms with Crippen LogP contribution in [0.2, 0.25) is 0 Å². The first kappa shape index (κ1) is 8.18. The van der Waals surface area contributed by atoms with Crippen molar-refractivity contribution in [3.8, 4) is 0 Å². The van der Waals surface area contributed by atoms with Gasteiger partial charge >= 0.3 is 0 Å². The van der Waals surface area contributed by atoms with Crippen LogP contribution >= 0.6 is 11.3 Å². The van der Waals surface area contributed by atoms with Crippen LogP contribution in [0.4, 0.5) is 0 Å². The molecule has 0 aromatic carbocycles. The number of Topliss-reactive ketones (excluding diaryl/α,β-unsaturated/α-hetero) is 1. The first-order valence-electron chi connectivity index (χ1n) is 4.83. The number of hydrogen-bond acceptors (Lipinski definition) is 2. The van der Waals surface area contributed by atoms with E-state index in [-0.39, 0.29) is 5.78 Å². The van der Waals surface area contributed by atoms with Crippen molar-refractivity contribution >= 4 is 17.1 Å². The fraction of sp³-hybridized carbons (Fsp3) is 0.250. The Morgan fingerprint density at radius 1 is 1.43 bits per heavy atom. The van der Waals surface area contributed by atoms with E-state index >= 15 is 0 Å². The Morgan fingerprint density at radius 3 is 2.93 bits per heavy atom. The summed E-state index contributed by atoms with van der Waals surface area (Å²) >= 11 is 1.53. The molecule has 2 unspecified atom stereocenters. The Morgan fingerprint density at radius 2 is 2.36 bits per heavy atom. The van der Waals surface area contributed by atoms with Crippen LogP contribution in [0.15, 0.2) is 41.3 Å². The molecule has 0 N–H and O–H groups in total. The highest BCUT2D eigenvalue weighted by Gasteiger charge is 2.32. The summed E-state index contributed by atoms with van der Waals surface area (Å²) in [5.41, 5.74) is 1.01. The normalized spacial score (nSPS) is 28.1. The predicted octanol–water partition coefficient (Wildman–Crippen LogP) is 3.06. The van der Waals surface area contributed by atoms with Gasteiger partial charge in [-0.05, 0) is 23.8 Å². The Balaban J connectivity index is 1.92. The topological polar surface area (TPSA) is 17.1 Å². The van der Waals surface area contributed by atoms with Gasteiger partial charge in [-0.1, -0.05) is 24.3 Å². The van der Waals surface area contributed by atoms with Crippen molar-refractivity contribution in [2.45, 2.75) is 6.42 Å². The minimum absolute atomic E-state index is 0.233. The summed E-state index contributed by atoms with van der Waals surface area (Å²) in [6.07, 6.45) is 7.63. The molecule has 1 aromatic rings. The lowest BCUT2D eigenvalue weighted by molar-refractivity contribution is 0.103. The van der Waals surface area contributed by atoms with Crippen molar-refractivity contribution in [2.24, 2.45) is 11.8 Å². The number of ketones is 1. The first-order chi connectivity index (χ1) is 6.84. The van der Waals surface area contributed by atoms with Gasteiger partial charge in [-0.25, -0.2) is 0 Å². The summed E-state index contributed by atoms with van der Waals surface area (Å²) in [6, 6.07) is 3.84. The van der Waals surface area contributed by atoms with Crippen molar-refractivity contribution < 1.29 is 4.79 Å². The van der Waals surface area contributed by atoms with Crippen molar-refractivity contribution in [1.82, 2.24) is 0 Å². The summed E-state index contributed by atoms with van der Waals surface area (Å²) < 4.78 is 0. The van der Waals surface area contributed by atoms with Gasteiger partial charge < -0.3 is 0 Å². The number of carbonyl (C=O) groups excluding carboxylic acids is 1. The molecule has 70 valence electrons. The van der Waals surface area contributed by atoms with Crippen molar-refractivity contribution in [3.63, 3.8) is 0 Å². The molecule has 2 aliphatic carbocycles. The van der Waals surface area contributed by atoms with Crippen molar-refractivity contribution in [3.05, 3.63) is 46.2 Å². The molecule has 2 atom stereocenters. The number of allylic oxidation sites excluding steroid dienone is 4. The highest BCUT2D eigenvalue weighted by Crippen LogP contribution is 2.39. The van der Waals surface area contributed by atoms with E-state index in [1.165, 1.54) is 11.3 Å². The van der Waals surface area contributed by atoms with Crippen LogP contribution in [0.25, 0.3) is 0 Å². The molecule has 0 radical (unpaired) electrons. The van der Waals surface area contributed by atoms with E-state index in [2.05, 4.69) is 18.2 Å². The Labute approximate surface area is 86.8 Å².